The van der Waals surface area contributed by atoms with Gasteiger partial charge in [-0.1, -0.05) is 18.5 Å². The van der Waals surface area contributed by atoms with Crippen LogP contribution in [0.3, 0.4) is 0 Å². The lowest BCUT2D eigenvalue weighted by Crippen LogP contribution is -1.89. The Morgan fingerprint density at radius 2 is 2.13 bits per heavy atom. The van der Waals surface area contributed by atoms with Gasteiger partial charge < -0.3 is 0 Å². The van der Waals surface area contributed by atoms with Crippen molar-refractivity contribution in [2.24, 2.45) is 0 Å². The van der Waals surface area contributed by atoms with Crippen LogP contribution in [-0.4, -0.2) is 5.75 Å². The highest BCUT2D eigenvalue weighted by Crippen LogP contribution is 2.30. The average molecular weight is 237 g/mol. The van der Waals surface area contributed by atoms with Crippen LogP contribution in [-0.2, 0) is 6.42 Å². The number of aryl methyl sites for hydroxylation is 1. The SMILES string of the molecule is CCc1cc(Cl)c(SCC#N)cc1C#N. The maximum atomic E-state index is 8.92. The topological polar surface area (TPSA) is 47.6 Å². The Bertz CT molecular complexity index is 443. The molecule has 0 aromatic heterocycles. The summed E-state index contributed by atoms with van der Waals surface area (Å²) in [4.78, 5) is 0.798. The van der Waals surface area contributed by atoms with Gasteiger partial charge >= 0.3 is 0 Å². The largest absolute Gasteiger partial charge is 0.197 e. The average Bonchev–Trinajstić information content (AvgIpc) is 2.27. The van der Waals surface area contributed by atoms with E-state index < -0.39 is 0 Å². The quantitative estimate of drug-likeness (QED) is 0.756. The summed E-state index contributed by atoms with van der Waals surface area (Å²) >= 11 is 7.38. The molecule has 0 radical (unpaired) electrons. The number of nitrogens with zero attached hydrogens (tertiary/aromatic N) is 2. The fourth-order valence-electron chi connectivity index (χ4n) is 1.21. The predicted octanol–water partition coefficient (Wildman–Crippen LogP) is 3.39. The van der Waals surface area contributed by atoms with E-state index in [0.29, 0.717) is 16.3 Å². The lowest BCUT2D eigenvalue weighted by Gasteiger charge is -2.06. The normalized spacial score (nSPS) is 9.33. The van der Waals surface area contributed by atoms with E-state index in [1.165, 1.54) is 11.8 Å². The second-order valence-electron chi connectivity index (χ2n) is 2.85. The van der Waals surface area contributed by atoms with Crippen LogP contribution in [0.25, 0.3) is 0 Å². The molecular formula is C11H9ClN2S. The van der Waals surface area contributed by atoms with Gasteiger partial charge in [0.2, 0.25) is 0 Å². The predicted molar refractivity (Wildman–Crippen MR) is 61.9 cm³/mol. The number of halogens is 1. The smallest absolute Gasteiger partial charge is 0.0994 e. The lowest BCUT2D eigenvalue weighted by atomic mass is 10.1. The molecule has 0 spiro atoms. The minimum Gasteiger partial charge on any atom is -0.197 e. The van der Waals surface area contributed by atoms with Crippen molar-refractivity contribution in [3.63, 3.8) is 0 Å². The fraction of sp³-hybridized carbons (Fsp3) is 0.273. The number of hydrogen-bond donors (Lipinski definition) is 0. The molecule has 2 nitrogen and oxygen atoms in total. The third kappa shape index (κ3) is 2.89. The number of hydrogen-bond acceptors (Lipinski definition) is 3. The summed E-state index contributed by atoms with van der Waals surface area (Å²) in [6, 6.07) is 7.73. The third-order valence-corrected chi connectivity index (χ3v) is 3.30. The molecule has 0 N–H and O–H groups in total. The van der Waals surface area contributed by atoms with E-state index in [4.69, 9.17) is 22.1 Å². The Kier molecular flexibility index (Phi) is 4.49. The van der Waals surface area contributed by atoms with Gasteiger partial charge in [-0.25, -0.2) is 0 Å². The van der Waals surface area contributed by atoms with Crippen LogP contribution in [0.1, 0.15) is 18.1 Å². The zero-order chi connectivity index (χ0) is 11.3. The van der Waals surface area contributed by atoms with E-state index in [9.17, 15) is 0 Å². The van der Waals surface area contributed by atoms with Crippen molar-refractivity contribution in [3.05, 3.63) is 28.3 Å². The minimum absolute atomic E-state index is 0.343. The Labute approximate surface area is 98.5 Å². The van der Waals surface area contributed by atoms with Crippen LogP contribution in [0.4, 0.5) is 0 Å². The van der Waals surface area contributed by atoms with Crippen molar-refractivity contribution in [1.29, 1.82) is 10.5 Å². The molecule has 4 heteroatoms. The summed E-state index contributed by atoms with van der Waals surface area (Å²) in [5.41, 5.74) is 1.59. The van der Waals surface area contributed by atoms with Crippen LogP contribution < -0.4 is 0 Å². The highest BCUT2D eigenvalue weighted by atomic mass is 35.5. The Hall–Kier alpha value is -1.16. The van der Waals surface area contributed by atoms with Crippen molar-refractivity contribution in [3.8, 4) is 12.1 Å². The van der Waals surface area contributed by atoms with Crippen LogP contribution in [0.2, 0.25) is 5.02 Å². The Balaban J connectivity index is 3.11. The summed E-state index contributed by atoms with van der Waals surface area (Å²) < 4.78 is 0. The molecule has 0 amide bonds. The molecular weight excluding hydrogens is 228 g/mol. The summed E-state index contributed by atoms with van der Waals surface area (Å²) in [6.45, 7) is 1.98. The molecule has 1 rings (SSSR count). The second-order valence-corrected chi connectivity index (χ2v) is 4.28. The van der Waals surface area contributed by atoms with Crippen molar-refractivity contribution in [2.45, 2.75) is 18.2 Å². The van der Waals surface area contributed by atoms with Crippen molar-refractivity contribution >= 4 is 23.4 Å². The Morgan fingerprint density at radius 3 is 2.67 bits per heavy atom. The molecule has 0 saturated carbocycles. The maximum absolute atomic E-state index is 8.92. The van der Waals surface area contributed by atoms with Crippen molar-refractivity contribution in [2.75, 3.05) is 5.75 Å². The van der Waals surface area contributed by atoms with Gasteiger partial charge in [0.05, 0.1) is 28.5 Å². The molecule has 0 aliphatic carbocycles. The van der Waals surface area contributed by atoms with Crippen LogP contribution >= 0.6 is 23.4 Å². The first-order valence-electron chi connectivity index (χ1n) is 4.45. The fourth-order valence-corrected chi connectivity index (χ4v) is 2.18. The molecule has 0 bridgehead atoms. The van der Waals surface area contributed by atoms with Gasteiger partial charge in [-0.05, 0) is 24.1 Å². The van der Waals surface area contributed by atoms with Gasteiger partial charge in [-0.3, -0.25) is 0 Å². The first kappa shape index (κ1) is 11.9. The van der Waals surface area contributed by atoms with E-state index in [1.807, 2.05) is 13.0 Å². The summed E-state index contributed by atoms with van der Waals surface area (Å²) in [5, 5.41) is 18.0. The summed E-state index contributed by atoms with van der Waals surface area (Å²) in [7, 11) is 0. The molecule has 0 unspecified atom stereocenters. The number of benzene rings is 1. The van der Waals surface area contributed by atoms with Crippen LogP contribution in [0.15, 0.2) is 17.0 Å². The van der Waals surface area contributed by atoms with Crippen molar-refractivity contribution < 1.29 is 0 Å². The minimum atomic E-state index is 0.343. The van der Waals surface area contributed by atoms with Crippen molar-refractivity contribution in [1.82, 2.24) is 0 Å². The highest BCUT2D eigenvalue weighted by molar-refractivity contribution is 7.99. The molecule has 1 aromatic rings. The van der Waals surface area contributed by atoms with Gasteiger partial charge in [0.25, 0.3) is 0 Å². The molecule has 0 aliphatic heterocycles. The highest BCUT2D eigenvalue weighted by Gasteiger charge is 2.07. The van der Waals surface area contributed by atoms with E-state index >= 15 is 0 Å². The molecule has 0 fully saturated rings. The number of nitriles is 2. The van der Waals surface area contributed by atoms with Crippen LogP contribution in [0, 0.1) is 22.7 Å². The first-order chi connectivity index (χ1) is 7.22. The standard InChI is InChI=1S/C11H9ClN2S/c1-2-8-5-10(12)11(15-4-3-13)6-9(8)7-14/h5-6H,2,4H2,1H3. The molecule has 76 valence electrons. The van der Waals surface area contributed by atoms with Gasteiger partial charge in [0, 0.05) is 4.90 Å². The molecule has 15 heavy (non-hydrogen) atoms. The van der Waals surface area contributed by atoms with E-state index in [2.05, 4.69) is 6.07 Å². The zero-order valence-electron chi connectivity index (χ0n) is 8.25. The summed E-state index contributed by atoms with van der Waals surface area (Å²) in [6.07, 6.45) is 0.784. The van der Waals surface area contributed by atoms with E-state index in [-0.39, 0.29) is 0 Å². The number of thioether (sulfide) groups is 1. The molecule has 0 aliphatic rings. The number of rotatable bonds is 3. The first-order valence-corrected chi connectivity index (χ1v) is 5.81. The zero-order valence-corrected chi connectivity index (χ0v) is 9.82. The van der Waals surface area contributed by atoms with Crippen LogP contribution in [0.5, 0.6) is 0 Å². The molecule has 1 aromatic carbocycles. The van der Waals surface area contributed by atoms with Gasteiger partial charge in [-0.2, -0.15) is 10.5 Å². The molecule has 0 saturated heterocycles. The van der Waals surface area contributed by atoms with Gasteiger partial charge in [-0.15, -0.1) is 11.8 Å². The second kappa shape index (κ2) is 5.66. The van der Waals surface area contributed by atoms with Gasteiger partial charge in [0.15, 0.2) is 0 Å². The third-order valence-electron chi connectivity index (χ3n) is 1.95. The Morgan fingerprint density at radius 1 is 1.40 bits per heavy atom. The summed E-state index contributed by atoms with van der Waals surface area (Å²) in [5.74, 6) is 0.343. The molecule has 0 heterocycles. The monoisotopic (exact) mass is 236 g/mol. The van der Waals surface area contributed by atoms with E-state index in [1.54, 1.807) is 12.1 Å². The van der Waals surface area contributed by atoms with E-state index in [0.717, 1.165) is 16.9 Å². The molecule has 0 atom stereocenters. The lowest BCUT2D eigenvalue weighted by molar-refractivity contribution is 1.12. The maximum Gasteiger partial charge on any atom is 0.0994 e. The van der Waals surface area contributed by atoms with Gasteiger partial charge in [0.1, 0.15) is 0 Å².